The van der Waals surface area contributed by atoms with Crippen molar-refractivity contribution in [3.8, 4) is 5.69 Å². The predicted molar refractivity (Wildman–Crippen MR) is 94.0 cm³/mol. The lowest BCUT2D eigenvalue weighted by Gasteiger charge is -2.32. The fourth-order valence-corrected chi connectivity index (χ4v) is 4.46. The van der Waals surface area contributed by atoms with Crippen molar-refractivity contribution >= 4 is 11.9 Å². The third-order valence-corrected chi connectivity index (χ3v) is 5.73. The maximum Gasteiger partial charge on any atom is 0.326 e. The number of aliphatic carboxylic acids is 1. The molecule has 1 aromatic carbocycles. The topological polar surface area (TPSA) is 88.3 Å². The van der Waals surface area contributed by atoms with E-state index in [-0.39, 0.29) is 23.5 Å². The number of likely N-dealkylation sites (tertiary alicyclic amines) is 1. The van der Waals surface area contributed by atoms with E-state index < -0.39 is 17.9 Å². The molecule has 1 amide bonds. The van der Waals surface area contributed by atoms with E-state index in [0.29, 0.717) is 17.7 Å². The first-order chi connectivity index (χ1) is 13.0. The van der Waals surface area contributed by atoms with Crippen LogP contribution in [0.3, 0.4) is 0 Å². The van der Waals surface area contributed by atoms with Crippen LogP contribution in [0.1, 0.15) is 48.2 Å². The number of rotatable bonds is 3. The number of aromatic nitrogens is 3. The summed E-state index contributed by atoms with van der Waals surface area (Å²) >= 11 is 0. The van der Waals surface area contributed by atoms with E-state index in [0.717, 1.165) is 25.7 Å². The van der Waals surface area contributed by atoms with Crippen molar-refractivity contribution in [2.24, 2.45) is 5.92 Å². The molecule has 1 aliphatic heterocycles. The van der Waals surface area contributed by atoms with Gasteiger partial charge in [0.25, 0.3) is 5.91 Å². The van der Waals surface area contributed by atoms with Gasteiger partial charge in [0, 0.05) is 6.04 Å². The van der Waals surface area contributed by atoms with Gasteiger partial charge in [0.1, 0.15) is 11.9 Å². The zero-order valence-electron chi connectivity index (χ0n) is 15.0. The molecule has 2 aliphatic rings. The second kappa shape index (κ2) is 6.75. The van der Waals surface area contributed by atoms with E-state index in [4.69, 9.17) is 0 Å². The summed E-state index contributed by atoms with van der Waals surface area (Å²) in [5.74, 6) is -1.49. The standard InChI is InChI=1S/C19H21FN4O3/c1-11-8-13(20)6-7-15(11)23-10-14(21-22-23)18(25)24-16-5-3-2-4-12(16)9-17(24)19(26)27/h6-8,10,12,16-17H,2-5,9H2,1H3,(H,26,27). The molecular weight excluding hydrogens is 351 g/mol. The van der Waals surface area contributed by atoms with E-state index in [2.05, 4.69) is 10.3 Å². The van der Waals surface area contributed by atoms with Crippen LogP contribution < -0.4 is 0 Å². The largest absolute Gasteiger partial charge is 0.480 e. The Morgan fingerprint density at radius 3 is 2.78 bits per heavy atom. The Balaban J connectivity index is 1.64. The Bertz CT molecular complexity index is 897. The molecule has 27 heavy (non-hydrogen) atoms. The van der Waals surface area contributed by atoms with Crippen molar-refractivity contribution < 1.29 is 19.1 Å². The summed E-state index contributed by atoms with van der Waals surface area (Å²) in [5, 5.41) is 17.6. The summed E-state index contributed by atoms with van der Waals surface area (Å²) in [6, 6.07) is 3.40. The highest BCUT2D eigenvalue weighted by Crippen LogP contribution is 2.40. The number of benzene rings is 1. The molecule has 0 spiro atoms. The molecule has 1 N–H and O–H groups in total. The second-order valence-corrected chi connectivity index (χ2v) is 7.39. The van der Waals surface area contributed by atoms with Gasteiger partial charge in [-0.25, -0.2) is 13.9 Å². The van der Waals surface area contributed by atoms with E-state index in [1.807, 2.05) is 0 Å². The van der Waals surface area contributed by atoms with Crippen LogP contribution in [-0.2, 0) is 4.79 Å². The van der Waals surface area contributed by atoms with Crippen molar-refractivity contribution in [1.82, 2.24) is 19.9 Å². The average Bonchev–Trinajstić information content (AvgIpc) is 3.26. The minimum absolute atomic E-state index is 0.0509. The van der Waals surface area contributed by atoms with Gasteiger partial charge in [-0.2, -0.15) is 0 Å². The van der Waals surface area contributed by atoms with Gasteiger partial charge in [-0.05, 0) is 55.9 Å². The summed E-state index contributed by atoms with van der Waals surface area (Å²) in [4.78, 5) is 26.3. The van der Waals surface area contributed by atoms with E-state index in [1.165, 1.54) is 27.9 Å². The maximum atomic E-state index is 13.3. The molecule has 2 heterocycles. The minimum Gasteiger partial charge on any atom is -0.480 e. The Labute approximate surface area is 155 Å². The summed E-state index contributed by atoms with van der Waals surface area (Å²) in [6.07, 6.45) is 5.84. The van der Waals surface area contributed by atoms with Crippen LogP contribution in [0.25, 0.3) is 5.69 Å². The highest BCUT2D eigenvalue weighted by atomic mass is 19.1. The van der Waals surface area contributed by atoms with E-state index >= 15 is 0 Å². The second-order valence-electron chi connectivity index (χ2n) is 7.39. The molecule has 7 nitrogen and oxygen atoms in total. The zero-order valence-corrected chi connectivity index (χ0v) is 15.0. The molecule has 8 heteroatoms. The molecular formula is C19H21FN4O3. The van der Waals surface area contributed by atoms with Gasteiger partial charge in [0.2, 0.25) is 0 Å². The van der Waals surface area contributed by atoms with Crippen molar-refractivity contribution in [1.29, 1.82) is 0 Å². The molecule has 1 saturated heterocycles. The maximum absolute atomic E-state index is 13.3. The first-order valence-corrected chi connectivity index (χ1v) is 9.20. The first-order valence-electron chi connectivity index (χ1n) is 9.20. The Kier molecular flexibility index (Phi) is 4.41. The van der Waals surface area contributed by atoms with Gasteiger partial charge in [-0.15, -0.1) is 5.10 Å². The van der Waals surface area contributed by atoms with Gasteiger partial charge < -0.3 is 10.0 Å². The molecule has 2 fully saturated rings. The third-order valence-electron chi connectivity index (χ3n) is 5.73. The van der Waals surface area contributed by atoms with Gasteiger partial charge in [0.05, 0.1) is 11.9 Å². The predicted octanol–water partition coefficient (Wildman–Crippen LogP) is 2.57. The molecule has 2 aromatic rings. The van der Waals surface area contributed by atoms with Crippen LogP contribution in [0.15, 0.2) is 24.4 Å². The van der Waals surface area contributed by atoms with Crippen LogP contribution in [0.2, 0.25) is 0 Å². The summed E-state index contributed by atoms with van der Waals surface area (Å²) in [5.41, 5.74) is 1.39. The number of carbonyl (C=O) groups excluding carboxylic acids is 1. The van der Waals surface area contributed by atoms with E-state index in [9.17, 15) is 19.1 Å². The fourth-order valence-electron chi connectivity index (χ4n) is 4.46. The van der Waals surface area contributed by atoms with Gasteiger partial charge >= 0.3 is 5.97 Å². The van der Waals surface area contributed by atoms with E-state index in [1.54, 1.807) is 13.0 Å². The lowest BCUT2D eigenvalue weighted by Crippen LogP contribution is -2.46. The molecule has 0 radical (unpaired) electrons. The number of fused-ring (bicyclic) bond motifs is 1. The number of nitrogens with zero attached hydrogens (tertiary/aromatic N) is 4. The van der Waals surface area contributed by atoms with Crippen LogP contribution in [0.5, 0.6) is 0 Å². The highest BCUT2D eigenvalue weighted by Gasteiger charge is 2.48. The molecule has 1 saturated carbocycles. The van der Waals surface area contributed by atoms with Gasteiger partial charge in [-0.3, -0.25) is 4.79 Å². The van der Waals surface area contributed by atoms with Crippen LogP contribution in [0, 0.1) is 18.7 Å². The lowest BCUT2D eigenvalue weighted by molar-refractivity contribution is -0.141. The minimum atomic E-state index is -0.973. The molecule has 142 valence electrons. The first kappa shape index (κ1) is 17.6. The summed E-state index contributed by atoms with van der Waals surface area (Å²) in [7, 11) is 0. The van der Waals surface area contributed by atoms with Gasteiger partial charge in [-0.1, -0.05) is 18.1 Å². The number of hydrogen-bond donors (Lipinski definition) is 1. The lowest BCUT2D eigenvalue weighted by atomic mass is 9.84. The fraction of sp³-hybridized carbons (Fsp3) is 0.474. The summed E-state index contributed by atoms with van der Waals surface area (Å²) in [6.45, 7) is 1.75. The molecule has 0 bridgehead atoms. The van der Waals surface area contributed by atoms with Crippen molar-refractivity contribution in [3.05, 3.63) is 41.5 Å². The number of amides is 1. The van der Waals surface area contributed by atoms with Crippen molar-refractivity contribution in [3.63, 3.8) is 0 Å². The number of hydrogen-bond acceptors (Lipinski definition) is 4. The molecule has 1 aromatic heterocycles. The van der Waals surface area contributed by atoms with Crippen LogP contribution in [-0.4, -0.2) is 49.0 Å². The quantitative estimate of drug-likeness (QED) is 0.895. The summed E-state index contributed by atoms with van der Waals surface area (Å²) < 4.78 is 14.7. The Morgan fingerprint density at radius 1 is 1.26 bits per heavy atom. The number of carbonyl (C=O) groups is 2. The van der Waals surface area contributed by atoms with Gasteiger partial charge in [0.15, 0.2) is 5.69 Å². The normalized spacial score (nSPS) is 24.7. The highest BCUT2D eigenvalue weighted by molar-refractivity contribution is 5.95. The number of carboxylic acids is 1. The number of halogens is 1. The smallest absolute Gasteiger partial charge is 0.326 e. The average molecular weight is 372 g/mol. The number of carboxylic acid groups (broad SMARTS) is 1. The zero-order chi connectivity index (χ0) is 19.1. The number of aryl methyl sites for hydroxylation is 1. The van der Waals surface area contributed by atoms with Crippen molar-refractivity contribution in [2.45, 2.75) is 51.1 Å². The Morgan fingerprint density at radius 2 is 2.04 bits per heavy atom. The van der Waals surface area contributed by atoms with Crippen LogP contribution in [0.4, 0.5) is 4.39 Å². The molecule has 1 aliphatic carbocycles. The van der Waals surface area contributed by atoms with Crippen molar-refractivity contribution in [2.75, 3.05) is 0 Å². The SMILES string of the molecule is Cc1cc(F)ccc1-n1cc(C(=O)N2C(C(=O)O)CC3CCCCC32)nn1. The monoisotopic (exact) mass is 372 g/mol. The molecule has 3 atom stereocenters. The third kappa shape index (κ3) is 3.09. The molecule has 3 unspecified atom stereocenters. The molecule has 4 rings (SSSR count). The van der Waals surface area contributed by atoms with Crippen LogP contribution >= 0.6 is 0 Å². The Hall–Kier alpha value is -2.77.